The van der Waals surface area contributed by atoms with Crippen molar-refractivity contribution in [1.29, 1.82) is 0 Å². The molecule has 6 aliphatic rings. The highest BCUT2D eigenvalue weighted by molar-refractivity contribution is 5.21. The van der Waals surface area contributed by atoms with Crippen molar-refractivity contribution in [1.82, 2.24) is 0 Å². The Balaban J connectivity index is 1.38. The molecule has 21 atom stereocenters. The first-order chi connectivity index (χ1) is 26.0. The molecule has 56 heavy (non-hydrogen) atoms. The summed E-state index contributed by atoms with van der Waals surface area (Å²) >= 11 is 0. The van der Waals surface area contributed by atoms with E-state index >= 15 is 0 Å². The average Bonchev–Trinajstić information content (AvgIpc) is 3.51. The van der Waals surface area contributed by atoms with Gasteiger partial charge in [-0.15, -0.1) is 0 Å². The molecule has 2 heterocycles. The fraction of sp³-hybridized carbons (Fsp3) is 0.953. The highest BCUT2D eigenvalue weighted by Gasteiger charge is 2.73. The van der Waals surface area contributed by atoms with Crippen LogP contribution in [0.5, 0.6) is 0 Å². The normalized spacial score (nSPS) is 52.6. The molecule has 4 aliphatic carbocycles. The first kappa shape index (κ1) is 44.8. The van der Waals surface area contributed by atoms with E-state index in [9.17, 15) is 46.0 Å². The molecule has 9 N–H and O–H groups in total. The van der Waals surface area contributed by atoms with Crippen LogP contribution >= 0.6 is 0 Å². The Kier molecular flexibility index (Phi) is 12.7. The molecule has 13 heteroatoms. The predicted octanol–water partition coefficient (Wildman–Crippen LogP) is 2.40. The minimum Gasteiger partial charge on any atom is -0.394 e. The third-order valence-electron chi connectivity index (χ3n) is 16.8. The summed E-state index contributed by atoms with van der Waals surface area (Å²) in [5.74, 6) is 0.785. The molecule has 6 fully saturated rings. The number of rotatable bonds is 10. The molecule has 0 aromatic rings. The Morgan fingerprint density at radius 1 is 0.786 bits per heavy atom. The van der Waals surface area contributed by atoms with E-state index in [0.29, 0.717) is 25.2 Å². The zero-order chi connectivity index (χ0) is 41.5. The van der Waals surface area contributed by atoms with Gasteiger partial charge in [-0.25, -0.2) is 0 Å². The van der Waals surface area contributed by atoms with Crippen LogP contribution in [0.15, 0.2) is 11.6 Å². The third kappa shape index (κ3) is 7.18. The largest absolute Gasteiger partial charge is 0.394 e. The van der Waals surface area contributed by atoms with Crippen LogP contribution in [0.2, 0.25) is 0 Å². The number of aliphatic hydroxyl groups excluding tert-OH is 8. The number of allylic oxidation sites excluding steroid dienone is 2. The standard InChI is InChI=1S/C43H74O13/c1-21(2)11-10-14-43(9,52)23-12-16-41(7)29(23)22(3)17-27-40(6)15-13-28(46)39(4,5)36(40)24(18-42(27,41)8)53-38-35(33(50)31(48)26(20-45)55-38)56-37-34(51)32(49)30(47)25(19-44)54-37/h11,22-38,44-52H,10,12-20H2,1-9H3/t22-,23+,24+,25-,26-,27-,28+,29-,30-,31-,32+,33+,34-,35-,36+,37+,38-,40-,41-,42-,43+/m1/s1. The molecule has 0 unspecified atom stereocenters. The van der Waals surface area contributed by atoms with Crippen molar-refractivity contribution in [3.63, 3.8) is 0 Å². The molecule has 2 aliphatic heterocycles. The van der Waals surface area contributed by atoms with Gasteiger partial charge >= 0.3 is 0 Å². The minimum atomic E-state index is -1.78. The summed E-state index contributed by atoms with van der Waals surface area (Å²) in [6.45, 7) is 18.6. The molecular formula is C43H74O13. The summed E-state index contributed by atoms with van der Waals surface area (Å²) < 4.78 is 25.1. The van der Waals surface area contributed by atoms with Gasteiger partial charge in [-0.1, -0.05) is 53.2 Å². The van der Waals surface area contributed by atoms with E-state index in [2.05, 4.69) is 61.5 Å². The first-order valence-electron chi connectivity index (χ1n) is 21.3. The second kappa shape index (κ2) is 15.9. The predicted molar refractivity (Wildman–Crippen MR) is 205 cm³/mol. The lowest BCUT2D eigenvalue weighted by atomic mass is 9.33. The highest BCUT2D eigenvalue weighted by atomic mass is 16.8. The van der Waals surface area contributed by atoms with Crippen LogP contribution in [-0.2, 0) is 18.9 Å². The lowest BCUT2D eigenvalue weighted by molar-refractivity contribution is -0.383. The van der Waals surface area contributed by atoms with Crippen LogP contribution in [0, 0.1) is 51.2 Å². The summed E-state index contributed by atoms with van der Waals surface area (Å²) in [5, 5.41) is 98.3. The van der Waals surface area contributed by atoms with Gasteiger partial charge in [-0.3, -0.25) is 0 Å². The molecule has 0 bridgehead atoms. The van der Waals surface area contributed by atoms with E-state index in [1.807, 2.05) is 6.92 Å². The maximum absolute atomic E-state index is 12.2. The molecule has 0 aromatic carbocycles. The van der Waals surface area contributed by atoms with E-state index in [1.165, 1.54) is 5.57 Å². The van der Waals surface area contributed by atoms with Gasteiger partial charge in [0.1, 0.15) is 48.8 Å². The van der Waals surface area contributed by atoms with Gasteiger partial charge in [0.2, 0.25) is 0 Å². The maximum Gasteiger partial charge on any atom is 0.187 e. The molecule has 324 valence electrons. The van der Waals surface area contributed by atoms with E-state index in [4.69, 9.17) is 18.9 Å². The molecule has 2 saturated heterocycles. The fourth-order valence-electron chi connectivity index (χ4n) is 13.8. The number of hydrogen-bond acceptors (Lipinski definition) is 13. The SMILES string of the molecule is CC(C)=CCC[C@](C)(O)[C@H]1CC[C@]2(C)[C@@H]1[C@H](C)C[C@@H]1[C@@]3(C)CC[C@H](O)C(C)(C)[C@@H]3[C@@H](O[C@@H]3O[C@H](CO)[C@@H](O)[C@H](O)[C@H]3O[C@@H]3O[C@H](CO)[C@@H](O)[C@H](O)[C@H]3O)C[C@]12C. The van der Waals surface area contributed by atoms with Gasteiger partial charge in [0.05, 0.1) is 31.0 Å². The van der Waals surface area contributed by atoms with Crippen LogP contribution < -0.4 is 0 Å². The number of hydrogen-bond donors (Lipinski definition) is 9. The Hall–Kier alpha value is -0.780. The number of fused-ring (bicyclic) bond motifs is 5. The lowest BCUT2D eigenvalue weighted by Gasteiger charge is -2.72. The summed E-state index contributed by atoms with van der Waals surface area (Å²) in [4.78, 5) is 0. The summed E-state index contributed by atoms with van der Waals surface area (Å²) in [6, 6.07) is 0. The smallest absolute Gasteiger partial charge is 0.187 e. The van der Waals surface area contributed by atoms with Crippen LogP contribution in [0.1, 0.15) is 114 Å². The summed E-state index contributed by atoms with van der Waals surface area (Å²) in [5.41, 5.74) is -0.988. The molecule has 13 nitrogen and oxygen atoms in total. The van der Waals surface area contributed by atoms with Crippen molar-refractivity contribution < 1.29 is 64.9 Å². The van der Waals surface area contributed by atoms with Crippen molar-refractivity contribution >= 4 is 0 Å². The van der Waals surface area contributed by atoms with Gasteiger partial charge < -0.3 is 64.9 Å². The monoisotopic (exact) mass is 799 g/mol. The van der Waals surface area contributed by atoms with Gasteiger partial charge in [0.15, 0.2) is 12.6 Å². The van der Waals surface area contributed by atoms with Crippen LogP contribution in [0.25, 0.3) is 0 Å². The molecule has 0 amide bonds. The van der Waals surface area contributed by atoms with E-state index in [0.717, 1.165) is 32.1 Å². The van der Waals surface area contributed by atoms with Crippen molar-refractivity contribution in [2.24, 2.45) is 51.2 Å². The Labute approximate surface area is 333 Å². The average molecular weight is 799 g/mol. The second-order valence-corrected chi connectivity index (χ2v) is 20.7. The van der Waals surface area contributed by atoms with Crippen molar-refractivity contribution in [2.75, 3.05) is 13.2 Å². The Morgan fingerprint density at radius 3 is 2.00 bits per heavy atom. The molecule has 4 saturated carbocycles. The van der Waals surface area contributed by atoms with Crippen LogP contribution in [0.4, 0.5) is 0 Å². The number of aliphatic hydroxyl groups is 9. The molecule has 0 aromatic heterocycles. The van der Waals surface area contributed by atoms with Gasteiger partial charge in [-0.2, -0.15) is 0 Å². The zero-order valence-electron chi connectivity index (χ0n) is 35.1. The molecule has 0 spiro atoms. The Morgan fingerprint density at radius 2 is 1.39 bits per heavy atom. The third-order valence-corrected chi connectivity index (χ3v) is 16.8. The molecule has 6 rings (SSSR count). The minimum absolute atomic E-state index is 0.111. The maximum atomic E-state index is 12.2. The highest BCUT2D eigenvalue weighted by Crippen LogP contribution is 2.77. The fourth-order valence-corrected chi connectivity index (χ4v) is 13.8. The molecular weight excluding hydrogens is 724 g/mol. The van der Waals surface area contributed by atoms with Crippen LogP contribution in [0.3, 0.4) is 0 Å². The van der Waals surface area contributed by atoms with Crippen molar-refractivity contribution in [3.8, 4) is 0 Å². The van der Waals surface area contributed by atoms with Gasteiger partial charge in [0.25, 0.3) is 0 Å². The zero-order valence-corrected chi connectivity index (χ0v) is 35.1. The van der Waals surface area contributed by atoms with E-state index in [-0.39, 0.29) is 39.9 Å². The Bertz CT molecular complexity index is 1400. The topological polar surface area (TPSA) is 219 Å². The quantitative estimate of drug-likeness (QED) is 0.115. The van der Waals surface area contributed by atoms with Crippen LogP contribution in [-0.4, -0.2) is 138 Å². The number of ether oxygens (including phenoxy) is 4. The van der Waals surface area contributed by atoms with E-state index in [1.54, 1.807) is 0 Å². The summed E-state index contributed by atoms with van der Waals surface area (Å²) in [7, 11) is 0. The van der Waals surface area contributed by atoms with Gasteiger partial charge in [0, 0.05) is 0 Å². The van der Waals surface area contributed by atoms with Crippen molar-refractivity contribution in [3.05, 3.63) is 11.6 Å². The van der Waals surface area contributed by atoms with E-state index < -0.39 is 97.8 Å². The molecule has 0 radical (unpaired) electrons. The second-order valence-electron chi connectivity index (χ2n) is 20.7. The summed E-state index contributed by atoms with van der Waals surface area (Å²) in [6.07, 6.45) is -8.18. The lowest BCUT2D eigenvalue weighted by Crippen LogP contribution is -2.70. The van der Waals surface area contributed by atoms with Crippen molar-refractivity contribution in [2.45, 2.75) is 193 Å². The first-order valence-corrected chi connectivity index (χ1v) is 21.3. The van der Waals surface area contributed by atoms with Gasteiger partial charge in [-0.05, 0) is 123 Å².